The highest BCUT2D eigenvalue weighted by Gasteiger charge is 2.18. The van der Waals surface area contributed by atoms with E-state index in [2.05, 4.69) is 19.2 Å². The maximum Gasteiger partial charge on any atom is 0.139 e. The van der Waals surface area contributed by atoms with Gasteiger partial charge in [0.05, 0.1) is 18.2 Å². The number of hydrogen-bond donors (Lipinski definition) is 1. The number of fused-ring (bicyclic) bond motifs is 1. The van der Waals surface area contributed by atoms with Crippen molar-refractivity contribution < 1.29 is 9.15 Å². The number of nitrogens with one attached hydrogen (secondary N) is 1. The van der Waals surface area contributed by atoms with E-state index in [0.717, 1.165) is 39.4 Å². The van der Waals surface area contributed by atoms with Crippen LogP contribution in [0.5, 0.6) is 0 Å². The first kappa shape index (κ1) is 15.4. The summed E-state index contributed by atoms with van der Waals surface area (Å²) in [7, 11) is 1.69. The second-order valence-electron chi connectivity index (χ2n) is 5.53. The molecule has 0 unspecified atom stereocenters. The molecule has 0 amide bonds. The Balaban J connectivity index is 2.40. The fraction of sp³-hybridized carbons (Fsp3) is 0.500. The molecule has 20 heavy (non-hydrogen) atoms. The number of aryl methyl sites for hydroxylation is 1. The maximum atomic E-state index is 6.33. The van der Waals surface area contributed by atoms with E-state index in [-0.39, 0.29) is 0 Å². The van der Waals surface area contributed by atoms with Gasteiger partial charge in [-0.05, 0) is 31.0 Å². The van der Waals surface area contributed by atoms with Crippen molar-refractivity contribution in [2.75, 3.05) is 13.7 Å². The largest absolute Gasteiger partial charge is 0.459 e. The summed E-state index contributed by atoms with van der Waals surface area (Å²) in [6, 6.07) is 3.90. The Morgan fingerprint density at radius 2 is 2.10 bits per heavy atom. The summed E-state index contributed by atoms with van der Waals surface area (Å²) < 4.78 is 11.3. The number of benzene rings is 1. The van der Waals surface area contributed by atoms with Gasteiger partial charge in [-0.15, -0.1) is 0 Å². The van der Waals surface area contributed by atoms with E-state index in [1.807, 2.05) is 19.1 Å². The molecule has 0 bridgehead atoms. The van der Waals surface area contributed by atoms with Crippen LogP contribution >= 0.6 is 11.6 Å². The Morgan fingerprint density at radius 3 is 2.75 bits per heavy atom. The zero-order valence-corrected chi connectivity index (χ0v) is 13.3. The van der Waals surface area contributed by atoms with E-state index in [0.29, 0.717) is 19.1 Å². The van der Waals surface area contributed by atoms with Crippen LogP contribution in [0.25, 0.3) is 11.0 Å². The lowest BCUT2D eigenvalue weighted by Crippen LogP contribution is -2.19. The molecule has 2 aromatic rings. The van der Waals surface area contributed by atoms with Crippen LogP contribution in [0, 0.1) is 12.8 Å². The summed E-state index contributed by atoms with van der Waals surface area (Å²) in [5, 5.41) is 5.11. The molecule has 2 rings (SSSR count). The van der Waals surface area contributed by atoms with E-state index < -0.39 is 0 Å². The minimum absolute atomic E-state index is 0.509. The first-order valence-corrected chi connectivity index (χ1v) is 7.31. The molecular formula is C16H22ClNO2. The second-order valence-corrected chi connectivity index (χ2v) is 5.94. The normalized spacial score (nSPS) is 11.7. The van der Waals surface area contributed by atoms with E-state index in [1.54, 1.807) is 7.11 Å². The van der Waals surface area contributed by atoms with Gasteiger partial charge in [0.1, 0.15) is 11.3 Å². The molecular weight excluding hydrogens is 274 g/mol. The highest BCUT2D eigenvalue weighted by molar-refractivity contribution is 6.35. The van der Waals surface area contributed by atoms with E-state index in [4.69, 9.17) is 20.8 Å². The molecule has 0 aliphatic carbocycles. The molecule has 0 atom stereocenters. The van der Waals surface area contributed by atoms with Crippen LogP contribution < -0.4 is 5.32 Å². The van der Waals surface area contributed by atoms with Crippen molar-refractivity contribution in [1.29, 1.82) is 0 Å². The SMILES string of the molecule is COCc1c(CNCC(C)C)oc2c(C)ccc(Cl)c12. The standard InChI is InChI=1S/C16H22ClNO2/c1-10(2)7-18-8-14-12(9-19-4)15-13(17)6-5-11(3)16(15)20-14/h5-6,10,18H,7-9H2,1-4H3. The number of hydrogen-bond acceptors (Lipinski definition) is 3. The predicted molar refractivity (Wildman–Crippen MR) is 83.2 cm³/mol. The molecule has 0 fully saturated rings. The van der Waals surface area contributed by atoms with Crippen molar-refractivity contribution in [3.8, 4) is 0 Å². The van der Waals surface area contributed by atoms with Crippen LogP contribution in [-0.4, -0.2) is 13.7 Å². The first-order valence-electron chi connectivity index (χ1n) is 6.93. The summed E-state index contributed by atoms with van der Waals surface area (Å²) in [6.45, 7) is 8.56. The number of halogens is 1. The van der Waals surface area contributed by atoms with E-state index in [1.165, 1.54) is 0 Å². The first-order chi connectivity index (χ1) is 9.54. The Labute approximate surface area is 125 Å². The summed E-state index contributed by atoms with van der Waals surface area (Å²) in [5.74, 6) is 1.52. The van der Waals surface area contributed by atoms with E-state index >= 15 is 0 Å². The highest BCUT2D eigenvalue weighted by atomic mass is 35.5. The summed E-state index contributed by atoms with van der Waals surface area (Å²) >= 11 is 6.33. The lowest BCUT2D eigenvalue weighted by Gasteiger charge is -2.07. The lowest BCUT2D eigenvalue weighted by atomic mass is 10.1. The summed E-state index contributed by atoms with van der Waals surface area (Å²) in [6.07, 6.45) is 0. The third-order valence-electron chi connectivity index (χ3n) is 3.29. The Bertz CT molecular complexity index is 590. The lowest BCUT2D eigenvalue weighted by molar-refractivity contribution is 0.183. The van der Waals surface area contributed by atoms with Crippen LogP contribution in [0.2, 0.25) is 5.02 Å². The van der Waals surface area contributed by atoms with Crippen molar-refractivity contribution in [3.05, 3.63) is 34.0 Å². The fourth-order valence-corrected chi connectivity index (χ4v) is 2.58. The Hall–Kier alpha value is -1.03. The number of ether oxygens (including phenoxy) is 1. The molecule has 0 aliphatic heterocycles. The molecule has 4 heteroatoms. The van der Waals surface area contributed by atoms with Gasteiger partial charge >= 0.3 is 0 Å². The van der Waals surface area contributed by atoms with Crippen LogP contribution in [-0.2, 0) is 17.9 Å². The van der Waals surface area contributed by atoms with Gasteiger partial charge in [-0.1, -0.05) is 31.5 Å². The van der Waals surface area contributed by atoms with Crippen LogP contribution in [0.1, 0.15) is 30.7 Å². The predicted octanol–water partition coefficient (Wildman–Crippen LogP) is 4.29. The number of rotatable bonds is 6. The third-order valence-corrected chi connectivity index (χ3v) is 3.61. The van der Waals surface area contributed by atoms with Gasteiger partial charge in [0.15, 0.2) is 0 Å². The monoisotopic (exact) mass is 295 g/mol. The van der Waals surface area contributed by atoms with Gasteiger partial charge in [-0.25, -0.2) is 0 Å². The second kappa shape index (κ2) is 6.61. The molecule has 1 heterocycles. The molecule has 1 aromatic carbocycles. The smallest absolute Gasteiger partial charge is 0.139 e. The minimum Gasteiger partial charge on any atom is -0.459 e. The van der Waals surface area contributed by atoms with Gasteiger partial charge in [-0.3, -0.25) is 0 Å². The molecule has 0 saturated heterocycles. The van der Waals surface area contributed by atoms with Crippen molar-refractivity contribution in [1.82, 2.24) is 5.32 Å². The molecule has 1 aromatic heterocycles. The molecule has 0 radical (unpaired) electrons. The average Bonchev–Trinajstić information content (AvgIpc) is 2.75. The Morgan fingerprint density at radius 1 is 1.35 bits per heavy atom. The zero-order valence-electron chi connectivity index (χ0n) is 12.5. The van der Waals surface area contributed by atoms with Crippen LogP contribution in [0.3, 0.4) is 0 Å². The number of methoxy groups -OCH3 is 1. The highest BCUT2D eigenvalue weighted by Crippen LogP contribution is 2.34. The molecule has 1 N–H and O–H groups in total. The zero-order chi connectivity index (χ0) is 14.7. The van der Waals surface area contributed by atoms with Crippen molar-refractivity contribution in [2.24, 2.45) is 5.92 Å². The molecule has 110 valence electrons. The molecule has 0 saturated carbocycles. The summed E-state index contributed by atoms with van der Waals surface area (Å²) in [5.41, 5.74) is 3.01. The van der Waals surface area contributed by atoms with Crippen molar-refractivity contribution >= 4 is 22.6 Å². The van der Waals surface area contributed by atoms with Crippen molar-refractivity contribution in [2.45, 2.75) is 33.9 Å². The molecule has 0 spiro atoms. The van der Waals surface area contributed by atoms with Crippen LogP contribution in [0.15, 0.2) is 16.5 Å². The molecule has 3 nitrogen and oxygen atoms in total. The van der Waals surface area contributed by atoms with Crippen molar-refractivity contribution in [3.63, 3.8) is 0 Å². The topological polar surface area (TPSA) is 34.4 Å². The van der Waals surface area contributed by atoms with Gasteiger partial charge in [-0.2, -0.15) is 0 Å². The quantitative estimate of drug-likeness (QED) is 0.863. The fourth-order valence-electron chi connectivity index (χ4n) is 2.31. The summed E-state index contributed by atoms with van der Waals surface area (Å²) in [4.78, 5) is 0. The Kier molecular flexibility index (Phi) is 5.08. The van der Waals surface area contributed by atoms with Gasteiger partial charge < -0.3 is 14.5 Å². The van der Waals surface area contributed by atoms with E-state index in [9.17, 15) is 0 Å². The number of furan rings is 1. The van der Waals surface area contributed by atoms with Crippen LogP contribution in [0.4, 0.5) is 0 Å². The maximum absolute atomic E-state index is 6.33. The third kappa shape index (κ3) is 3.17. The minimum atomic E-state index is 0.509. The van der Waals surface area contributed by atoms with Gasteiger partial charge in [0.25, 0.3) is 0 Å². The van der Waals surface area contributed by atoms with Gasteiger partial charge in [0, 0.05) is 18.1 Å². The average molecular weight is 296 g/mol. The van der Waals surface area contributed by atoms with Gasteiger partial charge in [0.2, 0.25) is 0 Å². The molecule has 0 aliphatic rings.